The molecule has 1 amide bonds. The van der Waals surface area contributed by atoms with E-state index in [2.05, 4.69) is 11.0 Å². The first-order chi connectivity index (χ1) is 13.4. The van der Waals surface area contributed by atoms with Gasteiger partial charge >= 0.3 is 0 Å². The number of hydrogen-bond acceptors (Lipinski definition) is 3. The summed E-state index contributed by atoms with van der Waals surface area (Å²) in [6, 6.07) is 12.1. The molecule has 1 aliphatic heterocycles. The summed E-state index contributed by atoms with van der Waals surface area (Å²) in [6.45, 7) is 1.80. The Morgan fingerprint density at radius 2 is 2.04 bits per heavy atom. The highest BCUT2D eigenvalue weighted by molar-refractivity contribution is 6.31. The Hall–Kier alpha value is -2.91. The van der Waals surface area contributed by atoms with E-state index in [4.69, 9.17) is 11.6 Å². The lowest BCUT2D eigenvalue weighted by Gasteiger charge is -2.31. The Morgan fingerprint density at radius 1 is 1.29 bits per heavy atom. The number of ketones is 1. The lowest BCUT2D eigenvalue weighted by Crippen LogP contribution is -2.44. The van der Waals surface area contributed by atoms with E-state index in [1.807, 2.05) is 12.1 Å². The minimum Gasteiger partial charge on any atom is -0.374 e. The number of halogens is 1. The third kappa shape index (κ3) is 2.83. The Balaban J connectivity index is 1.94. The Bertz CT molecular complexity index is 1080. The van der Waals surface area contributed by atoms with Gasteiger partial charge in [0.2, 0.25) is 0 Å². The average Bonchev–Trinajstić information content (AvgIpc) is 2.95. The van der Waals surface area contributed by atoms with Crippen LogP contribution in [0.3, 0.4) is 0 Å². The SMILES string of the molecule is Cc1cc(Cl)cc2c1NC(=O)[C@@]2(O)C(C(=O)C1=CCC=C=C1)c1ccccc1. The summed E-state index contributed by atoms with van der Waals surface area (Å²) in [5.74, 6) is -2.09. The highest BCUT2D eigenvalue weighted by Gasteiger charge is 2.55. The number of rotatable bonds is 4. The zero-order valence-corrected chi connectivity index (χ0v) is 16.0. The van der Waals surface area contributed by atoms with Gasteiger partial charge in [-0.2, -0.15) is 0 Å². The molecule has 1 heterocycles. The smallest absolute Gasteiger partial charge is 0.262 e. The van der Waals surface area contributed by atoms with Gasteiger partial charge in [0.25, 0.3) is 5.91 Å². The van der Waals surface area contributed by atoms with Crippen LogP contribution in [0.25, 0.3) is 0 Å². The number of fused-ring (bicyclic) bond motifs is 1. The van der Waals surface area contributed by atoms with Crippen molar-refractivity contribution in [1.82, 2.24) is 0 Å². The zero-order chi connectivity index (χ0) is 19.9. The second-order valence-electron chi connectivity index (χ2n) is 6.98. The first kappa shape index (κ1) is 18.5. The van der Waals surface area contributed by atoms with Crippen molar-refractivity contribution in [2.75, 3.05) is 5.32 Å². The summed E-state index contributed by atoms with van der Waals surface area (Å²) in [5.41, 5.74) is 3.38. The third-order valence-corrected chi connectivity index (χ3v) is 5.42. The van der Waals surface area contributed by atoms with E-state index in [1.165, 1.54) is 0 Å². The van der Waals surface area contributed by atoms with Crippen LogP contribution in [-0.2, 0) is 15.2 Å². The normalized spacial score (nSPS) is 21.1. The lowest BCUT2D eigenvalue weighted by molar-refractivity contribution is -0.141. The van der Waals surface area contributed by atoms with Gasteiger partial charge in [-0.3, -0.25) is 9.59 Å². The fraction of sp³-hybridized carbons (Fsp3) is 0.174. The molecule has 1 aliphatic carbocycles. The van der Waals surface area contributed by atoms with Crippen molar-refractivity contribution in [2.24, 2.45) is 0 Å². The first-order valence-electron chi connectivity index (χ1n) is 8.97. The van der Waals surface area contributed by atoms with Gasteiger partial charge in [0.05, 0.1) is 11.6 Å². The molecule has 0 bridgehead atoms. The minimum atomic E-state index is -2.07. The number of nitrogens with one attached hydrogen (secondary N) is 1. The average molecular weight is 392 g/mol. The number of anilines is 1. The van der Waals surface area contributed by atoms with Crippen LogP contribution in [0, 0.1) is 6.92 Å². The first-order valence-corrected chi connectivity index (χ1v) is 9.35. The van der Waals surface area contributed by atoms with Crippen molar-refractivity contribution in [3.8, 4) is 0 Å². The van der Waals surface area contributed by atoms with Crippen molar-refractivity contribution in [1.29, 1.82) is 0 Å². The zero-order valence-electron chi connectivity index (χ0n) is 15.2. The number of hydrogen-bond donors (Lipinski definition) is 2. The van der Waals surface area contributed by atoms with E-state index in [0.717, 1.165) is 5.56 Å². The van der Waals surface area contributed by atoms with Crippen LogP contribution in [-0.4, -0.2) is 16.8 Å². The maximum absolute atomic E-state index is 13.5. The number of allylic oxidation sites excluding steroid dienone is 3. The molecule has 2 aromatic rings. The second-order valence-corrected chi connectivity index (χ2v) is 7.42. The van der Waals surface area contributed by atoms with Gasteiger partial charge in [-0.15, -0.1) is 5.73 Å². The maximum Gasteiger partial charge on any atom is 0.262 e. The van der Waals surface area contributed by atoms with Gasteiger partial charge in [0.1, 0.15) is 0 Å². The van der Waals surface area contributed by atoms with E-state index >= 15 is 0 Å². The second kappa shape index (κ2) is 6.92. The maximum atomic E-state index is 13.5. The summed E-state index contributed by atoms with van der Waals surface area (Å²) in [6.07, 6.45) is 5.74. The molecule has 2 atom stereocenters. The van der Waals surface area contributed by atoms with Gasteiger partial charge in [0.15, 0.2) is 11.4 Å². The van der Waals surface area contributed by atoms with Crippen molar-refractivity contribution < 1.29 is 14.7 Å². The van der Waals surface area contributed by atoms with Crippen LogP contribution in [0.5, 0.6) is 0 Å². The number of carbonyl (C=O) groups excluding carboxylic acids is 2. The summed E-state index contributed by atoms with van der Waals surface area (Å²) >= 11 is 6.22. The van der Waals surface area contributed by atoms with E-state index in [-0.39, 0.29) is 5.78 Å². The van der Waals surface area contributed by atoms with Gasteiger partial charge in [-0.05, 0) is 48.8 Å². The molecule has 0 saturated carbocycles. The molecule has 0 saturated heterocycles. The van der Waals surface area contributed by atoms with E-state index in [9.17, 15) is 14.7 Å². The fourth-order valence-corrected chi connectivity index (χ4v) is 4.13. The topological polar surface area (TPSA) is 66.4 Å². The summed E-state index contributed by atoms with van der Waals surface area (Å²) in [4.78, 5) is 26.5. The number of aryl methyl sites for hydroxylation is 1. The molecule has 28 heavy (non-hydrogen) atoms. The number of benzene rings is 2. The molecule has 4 nitrogen and oxygen atoms in total. The van der Waals surface area contributed by atoms with E-state index < -0.39 is 17.4 Å². The molecule has 1 unspecified atom stereocenters. The van der Waals surface area contributed by atoms with Crippen LogP contribution >= 0.6 is 11.6 Å². The van der Waals surface area contributed by atoms with Crippen LogP contribution in [0.1, 0.15) is 29.0 Å². The van der Waals surface area contributed by atoms with Crippen LogP contribution in [0.15, 0.2) is 72.0 Å². The van der Waals surface area contributed by atoms with Crippen molar-refractivity contribution >= 4 is 29.0 Å². The van der Waals surface area contributed by atoms with Crippen LogP contribution in [0.4, 0.5) is 5.69 Å². The number of amides is 1. The predicted octanol–water partition coefficient (Wildman–Crippen LogP) is 4.18. The molecule has 0 fully saturated rings. The minimum absolute atomic E-state index is 0.320. The molecule has 140 valence electrons. The highest BCUT2D eigenvalue weighted by atomic mass is 35.5. The standard InChI is InChI=1S/C23H18ClNO3/c1-14-12-17(24)13-18-20(14)25-22(27)23(18,28)19(15-8-4-2-5-9-15)21(26)16-10-6-3-7-11-16/h2-5,8-13,19,28H,6H2,1H3,(H,25,27)/t19?,23-/m0/s1. The molecular weight excluding hydrogens is 374 g/mol. The Morgan fingerprint density at radius 3 is 2.71 bits per heavy atom. The van der Waals surface area contributed by atoms with Crippen LogP contribution < -0.4 is 5.32 Å². The monoisotopic (exact) mass is 391 g/mol. The Kier molecular flexibility index (Phi) is 4.56. The van der Waals surface area contributed by atoms with Crippen LogP contribution in [0.2, 0.25) is 5.02 Å². The largest absolute Gasteiger partial charge is 0.374 e. The predicted molar refractivity (Wildman–Crippen MR) is 108 cm³/mol. The van der Waals surface area contributed by atoms with Crippen molar-refractivity contribution in [3.05, 3.63) is 93.7 Å². The van der Waals surface area contributed by atoms with E-state index in [0.29, 0.717) is 33.8 Å². The van der Waals surface area contributed by atoms with Gasteiger partial charge < -0.3 is 10.4 Å². The molecule has 2 aromatic carbocycles. The molecule has 2 aliphatic rings. The van der Waals surface area contributed by atoms with Gasteiger partial charge in [-0.25, -0.2) is 0 Å². The number of carbonyl (C=O) groups is 2. The van der Waals surface area contributed by atoms with Gasteiger partial charge in [-0.1, -0.05) is 48.0 Å². The van der Waals surface area contributed by atoms with Gasteiger partial charge in [0, 0.05) is 16.2 Å². The molecular formula is C23H18ClNO3. The quantitative estimate of drug-likeness (QED) is 0.768. The molecule has 0 radical (unpaired) electrons. The van der Waals surface area contributed by atoms with E-state index in [1.54, 1.807) is 55.5 Å². The highest BCUT2D eigenvalue weighted by Crippen LogP contribution is 2.48. The number of aliphatic hydroxyl groups is 1. The molecule has 0 aromatic heterocycles. The van der Waals surface area contributed by atoms with Crippen molar-refractivity contribution in [2.45, 2.75) is 24.9 Å². The molecule has 0 spiro atoms. The number of Topliss-reactive ketones (excluding diaryl/α,β-unsaturated/α-hetero) is 1. The fourth-order valence-electron chi connectivity index (χ4n) is 3.86. The Labute approximate surface area is 167 Å². The summed E-state index contributed by atoms with van der Waals surface area (Å²) < 4.78 is 0. The lowest BCUT2D eigenvalue weighted by atomic mass is 9.73. The third-order valence-electron chi connectivity index (χ3n) is 5.21. The molecule has 5 heteroatoms. The van der Waals surface area contributed by atoms with Crippen molar-refractivity contribution in [3.63, 3.8) is 0 Å². The summed E-state index contributed by atoms with van der Waals surface area (Å²) in [5, 5.41) is 14.8. The summed E-state index contributed by atoms with van der Waals surface area (Å²) in [7, 11) is 0. The molecule has 2 N–H and O–H groups in total. The molecule has 4 rings (SSSR count).